The number of ether oxygens (including phenoxy) is 2. The molecule has 4 nitrogen and oxygen atoms in total. The molecule has 1 spiro atoms. The van der Waals surface area contributed by atoms with Gasteiger partial charge in [0.1, 0.15) is 6.10 Å². The number of fused-ring (bicyclic) bond motifs is 1. The van der Waals surface area contributed by atoms with Gasteiger partial charge in [0.15, 0.2) is 11.5 Å². The van der Waals surface area contributed by atoms with Gasteiger partial charge in [-0.25, -0.2) is 0 Å². The van der Waals surface area contributed by atoms with Gasteiger partial charge in [-0.3, -0.25) is 4.84 Å². The molecule has 2 aliphatic heterocycles. The van der Waals surface area contributed by atoms with Gasteiger partial charge in [-0.05, 0) is 51.3 Å². The van der Waals surface area contributed by atoms with Crippen LogP contribution in [0.2, 0.25) is 0 Å². The van der Waals surface area contributed by atoms with Crippen LogP contribution in [0.5, 0.6) is 11.5 Å². The highest BCUT2D eigenvalue weighted by Crippen LogP contribution is 2.56. The Morgan fingerprint density at radius 2 is 1.53 bits per heavy atom. The van der Waals surface area contributed by atoms with E-state index < -0.39 is 5.79 Å². The number of benzene rings is 2. The van der Waals surface area contributed by atoms with E-state index >= 15 is 0 Å². The molecule has 2 aliphatic rings. The predicted octanol–water partition coefficient (Wildman–Crippen LogP) is 6.53. The van der Waals surface area contributed by atoms with Gasteiger partial charge in [-0.2, -0.15) is 5.06 Å². The first kappa shape index (κ1) is 21.2. The molecule has 4 atom stereocenters. The van der Waals surface area contributed by atoms with Crippen molar-refractivity contribution in [3.05, 3.63) is 60.2 Å². The van der Waals surface area contributed by atoms with Crippen molar-refractivity contribution in [3.63, 3.8) is 0 Å². The Bertz CT molecular complexity index is 860. The summed E-state index contributed by atoms with van der Waals surface area (Å²) in [6, 6.07) is 18.5. The van der Waals surface area contributed by atoms with Crippen molar-refractivity contribution in [1.82, 2.24) is 5.06 Å². The Morgan fingerprint density at radius 1 is 0.967 bits per heavy atom. The summed E-state index contributed by atoms with van der Waals surface area (Å²) in [5.41, 5.74) is 0.694. The van der Waals surface area contributed by atoms with E-state index in [4.69, 9.17) is 14.3 Å². The van der Waals surface area contributed by atoms with Crippen molar-refractivity contribution in [1.29, 1.82) is 0 Å². The fourth-order valence-electron chi connectivity index (χ4n) is 5.19. The van der Waals surface area contributed by atoms with Gasteiger partial charge in [-0.1, -0.05) is 63.2 Å². The van der Waals surface area contributed by atoms with E-state index in [0.717, 1.165) is 30.8 Å². The Hall–Kier alpha value is -2.04. The average molecular weight is 410 g/mol. The average Bonchev–Trinajstić information content (AvgIpc) is 3.14. The molecule has 2 aromatic carbocycles. The summed E-state index contributed by atoms with van der Waals surface area (Å²) in [5, 5.41) is 2.28. The topological polar surface area (TPSA) is 30.9 Å². The summed E-state index contributed by atoms with van der Waals surface area (Å²) < 4.78 is 13.2. The van der Waals surface area contributed by atoms with Gasteiger partial charge in [0.2, 0.25) is 0 Å². The minimum absolute atomic E-state index is 0.0354. The van der Waals surface area contributed by atoms with Crippen LogP contribution in [0, 0.1) is 5.92 Å². The predicted molar refractivity (Wildman–Crippen MR) is 119 cm³/mol. The summed E-state index contributed by atoms with van der Waals surface area (Å²) in [6.45, 7) is 13.4. The molecule has 0 N–H and O–H groups in total. The molecule has 4 heteroatoms. The summed E-state index contributed by atoms with van der Waals surface area (Å²) >= 11 is 0. The number of rotatable bonds is 5. The molecule has 1 fully saturated rings. The smallest absolute Gasteiger partial charge is 0.257 e. The first-order valence-electron chi connectivity index (χ1n) is 11.3. The zero-order valence-corrected chi connectivity index (χ0v) is 19.1. The van der Waals surface area contributed by atoms with Crippen molar-refractivity contribution in [3.8, 4) is 11.5 Å². The molecule has 0 aromatic heterocycles. The number of nitrogens with zero attached hydrogens (tertiary/aromatic N) is 1. The van der Waals surface area contributed by atoms with Gasteiger partial charge >= 0.3 is 0 Å². The van der Waals surface area contributed by atoms with E-state index in [1.165, 1.54) is 5.56 Å². The fraction of sp³-hybridized carbons (Fsp3) is 0.538. The number of hydrogen-bond donors (Lipinski definition) is 0. The highest BCUT2D eigenvalue weighted by atomic mass is 16.7. The van der Waals surface area contributed by atoms with Gasteiger partial charge in [0, 0.05) is 6.42 Å². The molecule has 0 radical (unpaired) electrons. The minimum atomic E-state index is -0.685. The highest BCUT2D eigenvalue weighted by molar-refractivity contribution is 5.43. The van der Waals surface area contributed by atoms with Crippen LogP contribution in [0.4, 0.5) is 0 Å². The zero-order chi connectivity index (χ0) is 21.6. The van der Waals surface area contributed by atoms with Gasteiger partial charge in [-0.15, -0.1) is 0 Å². The fourth-order valence-corrected chi connectivity index (χ4v) is 5.19. The molecule has 0 amide bonds. The lowest BCUT2D eigenvalue weighted by molar-refractivity contribution is -0.365. The van der Waals surface area contributed by atoms with Crippen molar-refractivity contribution >= 4 is 0 Å². The first-order valence-corrected chi connectivity index (χ1v) is 11.3. The molecule has 2 aromatic rings. The number of para-hydroxylation sites is 2. The summed E-state index contributed by atoms with van der Waals surface area (Å²) in [5.74, 6) is 1.10. The molecule has 0 bridgehead atoms. The van der Waals surface area contributed by atoms with Gasteiger partial charge in [0.05, 0.1) is 17.0 Å². The molecule has 2 heterocycles. The maximum atomic E-state index is 6.76. The third kappa shape index (κ3) is 3.21. The standard InChI is InChI=1S/C26H35NO3/c1-7-24(5)18-26(28-22-16-12-13-17-23(22)29-26)20(4)25(6,8-2)27(24)30-19(3)21-14-10-9-11-15-21/h9-17,19-20H,7-8,18H2,1-6H3. The maximum absolute atomic E-state index is 6.76. The summed E-state index contributed by atoms with van der Waals surface area (Å²) in [7, 11) is 0. The van der Waals surface area contributed by atoms with Crippen LogP contribution in [0.25, 0.3) is 0 Å². The second-order valence-electron chi connectivity index (χ2n) is 9.38. The molecule has 4 rings (SSSR count). The van der Waals surface area contributed by atoms with Crippen LogP contribution in [0.15, 0.2) is 54.6 Å². The van der Waals surface area contributed by atoms with Gasteiger partial charge in [0.25, 0.3) is 5.79 Å². The molecule has 4 unspecified atom stereocenters. The lowest BCUT2D eigenvalue weighted by Crippen LogP contribution is -2.73. The monoisotopic (exact) mass is 409 g/mol. The second-order valence-corrected chi connectivity index (χ2v) is 9.38. The molecular formula is C26H35NO3. The van der Waals surface area contributed by atoms with E-state index in [2.05, 4.69) is 70.9 Å². The van der Waals surface area contributed by atoms with Crippen molar-refractivity contribution < 1.29 is 14.3 Å². The number of hydrogen-bond acceptors (Lipinski definition) is 4. The van der Waals surface area contributed by atoms with Crippen LogP contribution < -0.4 is 9.47 Å². The van der Waals surface area contributed by atoms with E-state index in [-0.39, 0.29) is 23.1 Å². The Kier molecular flexibility index (Phi) is 5.36. The van der Waals surface area contributed by atoms with E-state index in [9.17, 15) is 0 Å². The van der Waals surface area contributed by atoms with Crippen LogP contribution >= 0.6 is 0 Å². The van der Waals surface area contributed by atoms with Crippen LogP contribution in [-0.4, -0.2) is 21.9 Å². The van der Waals surface area contributed by atoms with Crippen molar-refractivity contribution in [2.45, 2.75) is 83.8 Å². The summed E-state index contributed by atoms with van der Waals surface area (Å²) in [6.07, 6.45) is 2.56. The van der Waals surface area contributed by atoms with E-state index in [1.807, 2.05) is 30.3 Å². The Labute approximate surface area is 181 Å². The number of hydroxylamine groups is 2. The lowest BCUT2D eigenvalue weighted by Gasteiger charge is -2.61. The van der Waals surface area contributed by atoms with E-state index in [0.29, 0.717) is 0 Å². The molecule has 30 heavy (non-hydrogen) atoms. The third-order valence-corrected chi connectivity index (χ3v) is 7.60. The van der Waals surface area contributed by atoms with E-state index in [1.54, 1.807) is 0 Å². The second kappa shape index (κ2) is 7.58. The first-order chi connectivity index (χ1) is 14.3. The van der Waals surface area contributed by atoms with Crippen molar-refractivity contribution in [2.75, 3.05) is 0 Å². The molecule has 0 saturated carbocycles. The van der Waals surface area contributed by atoms with Gasteiger partial charge < -0.3 is 9.47 Å². The number of piperidine rings is 1. The molecule has 0 aliphatic carbocycles. The summed E-state index contributed by atoms with van der Waals surface area (Å²) in [4.78, 5) is 6.76. The quantitative estimate of drug-likeness (QED) is 0.562. The Morgan fingerprint density at radius 3 is 2.07 bits per heavy atom. The Balaban J connectivity index is 1.70. The van der Waals surface area contributed by atoms with Crippen LogP contribution in [-0.2, 0) is 4.84 Å². The van der Waals surface area contributed by atoms with Crippen molar-refractivity contribution in [2.24, 2.45) is 5.92 Å². The molecule has 1 saturated heterocycles. The molecule has 162 valence electrons. The normalized spacial score (nSPS) is 31.1. The maximum Gasteiger partial charge on any atom is 0.257 e. The largest absolute Gasteiger partial charge is 0.448 e. The highest BCUT2D eigenvalue weighted by Gasteiger charge is 2.65. The zero-order valence-electron chi connectivity index (χ0n) is 19.1. The third-order valence-electron chi connectivity index (χ3n) is 7.60. The SMILES string of the molecule is CCC1(C)CC2(Oc3ccccc3O2)C(C)C(C)(CC)N1OC(C)c1ccccc1. The molecular weight excluding hydrogens is 374 g/mol. The lowest BCUT2D eigenvalue weighted by atomic mass is 9.67. The van der Waals surface area contributed by atoms with Crippen LogP contribution in [0.3, 0.4) is 0 Å². The van der Waals surface area contributed by atoms with Crippen LogP contribution in [0.1, 0.15) is 72.5 Å². The minimum Gasteiger partial charge on any atom is -0.448 e.